The SMILES string of the molecule is CCC(NS(=O)(=O)c1c(C)cc(OC)cc1C)C(=O)O. The number of nitrogens with one attached hydrogen (secondary N) is 1. The zero-order valence-electron chi connectivity index (χ0n) is 11.9. The lowest BCUT2D eigenvalue weighted by atomic mass is 10.1. The van der Waals surface area contributed by atoms with E-state index >= 15 is 0 Å². The van der Waals surface area contributed by atoms with Crippen LogP contribution >= 0.6 is 0 Å². The molecule has 0 aliphatic carbocycles. The summed E-state index contributed by atoms with van der Waals surface area (Å²) in [5, 5.41) is 8.96. The van der Waals surface area contributed by atoms with E-state index in [1.807, 2.05) is 0 Å². The molecule has 2 N–H and O–H groups in total. The molecule has 1 aromatic carbocycles. The Labute approximate surface area is 118 Å². The van der Waals surface area contributed by atoms with Gasteiger partial charge in [0.2, 0.25) is 10.0 Å². The average Bonchev–Trinajstić information content (AvgIpc) is 2.34. The fourth-order valence-electron chi connectivity index (χ4n) is 2.01. The molecule has 7 heteroatoms. The number of aryl methyl sites for hydroxylation is 2. The van der Waals surface area contributed by atoms with Crippen molar-refractivity contribution in [3.63, 3.8) is 0 Å². The van der Waals surface area contributed by atoms with Crippen molar-refractivity contribution >= 4 is 16.0 Å². The second-order valence-electron chi connectivity index (χ2n) is 4.51. The van der Waals surface area contributed by atoms with E-state index in [1.165, 1.54) is 7.11 Å². The molecule has 1 unspecified atom stereocenters. The molecule has 20 heavy (non-hydrogen) atoms. The minimum atomic E-state index is -3.89. The van der Waals surface area contributed by atoms with Gasteiger partial charge >= 0.3 is 5.97 Å². The molecular weight excluding hydrogens is 282 g/mol. The smallest absolute Gasteiger partial charge is 0.321 e. The first-order valence-electron chi connectivity index (χ1n) is 6.13. The van der Waals surface area contributed by atoms with E-state index in [0.29, 0.717) is 16.9 Å². The summed E-state index contributed by atoms with van der Waals surface area (Å²) < 4.78 is 31.9. The van der Waals surface area contributed by atoms with Gasteiger partial charge in [0.05, 0.1) is 12.0 Å². The third kappa shape index (κ3) is 3.49. The topological polar surface area (TPSA) is 92.7 Å². The molecule has 0 saturated carbocycles. The number of carbonyl (C=O) groups is 1. The zero-order chi connectivity index (χ0) is 15.5. The Morgan fingerprint density at radius 1 is 1.35 bits per heavy atom. The maximum atomic E-state index is 12.3. The van der Waals surface area contributed by atoms with Gasteiger partial charge in [-0.15, -0.1) is 0 Å². The number of hydrogen-bond donors (Lipinski definition) is 2. The van der Waals surface area contributed by atoms with Gasteiger partial charge < -0.3 is 9.84 Å². The summed E-state index contributed by atoms with van der Waals surface area (Å²) in [6.07, 6.45) is 0.169. The molecule has 0 bridgehead atoms. The maximum Gasteiger partial charge on any atom is 0.321 e. The lowest BCUT2D eigenvalue weighted by Crippen LogP contribution is -2.40. The fourth-order valence-corrected chi connectivity index (χ4v) is 3.73. The molecule has 0 aliphatic heterocycles. The van der Waals surface area contributed by atoms with Gasteiger partial charge in [-0.3, -0.25) is 4.79 Å². The summed E-state index contributed by atoms with van der Waals surface area (Å²) >= 11 is 0. The van der Waals surface area contributed by atoms with Crippen molar-refractivity contribution in [3.05, 3.63) is 23.3 Å². The Kier molecular flexibility index (Phi) is 5.13. The van der Waals surface area contributed by atoms with E-state index in [4.69, 9.17) is 9.84 Å². The number of carboxylic acids is 1. The van der Waals surface area contributed by atoms with Crippen LogP contribution in [0.5, 0.6) is 5.75 Å². The molecule has 0 radical (unpaired) electrons. The quantitative estimate of drug-likeness (QED) is 0.829. The predicted octanol–water partition coefficient (Wildman–Crippen LogP) is 1.45. The van der Waals surface area contributed by atoms with Gasteiger partial charge in [-0.05, 0) is 43.5 Å². The first-order chi connectivity index (χ1) is 9.22. The molecule has 0 aliphatic rings. The molecule has 0 heterocycles. The van der Waals surface area contributed by atoms with Crippen LogP contribution in [0.1, 0.15) is 24.5 Å². The largest absolute Gasteiger partial charge is 0.497 e. The second-order valence-corrected chi connectivity index (χ2v) is 6.16. The molecule has 0 aromatic heterocycles. The molecule has 112 valence electrons. The van der Waals surface area contributed by atoms with Crippen LogP contribution in [0.25, 0.3) is 0 Å². The minimum Gasteiger partial charge on any atom is -0.497 e. The first-order valence-corrected chi connectivity index (χ1v) is 7.61. The highest BCUT2D eigenvalue weighted by Gasteiger charge is 2.26. The first kappa shape index (κ1) is 16.5. The Morgan fingerprint density at radius 3 is 2.20 bits per heavy atom. The van der Waals surface area contributed by atoms with Crippen LogP contribution in [-0.4, -0.2) is 32.6 Å². The molecule has 1 aromatic rings. The Bertz CT molecular complexity index is 586. The van der Waals surface area contributed by atoms with Crippen LogP contribution in [0.2, 0.25) is 0 Å². The summed E-state index contributed by atoms with van der Waals surface area (Å²) in [5.74, 6) is -0.635. The monoisotopic (exact) mass is 301 g/mol. The highest BCUT2D eigenvalue weighted by atomic mass is 32.2. The van der Waals surface area contributed by atoms with Crippen LogP contribution in [0, 0.1) is 13.8 Å². The summed E-state index contributed by atoms with van der Waals surface area (Å²) in [6.45, 7) is 4.90. The van der Waals surface area contributed by atoms with Crippen LogP contribution < -0.4 is 9.46 Å². The molecular formula is C13H19NO5S. The number of hydrogen-bond acceptors (Lipinski definition) is 4. The molecule has 0 spiro atoms. The third-order valence-corrected chi connectivity index (χ3v) is 4.72. The number of benzene rings is 1. The van der Waals surface area contributed by atoms with Crippen molar-refractivity contribution in [2.45, 2.75) is 38.1 Å². The van der Waals surface area contributed by atoms with Crippen molar-refractivity contribution in [2.75, 3.05) is 7.11 Å². The standard InChI is InChI=1S/C13H19NO5S/c1-5-11(13(15)16)14-20(17,18)12-8(2)6-10(19-4)7-9(12)3/h6-7,11,14H,5H2,1-4H3,(H,15,16). The van der Waals surface area contributed by atoms with E-state index in [0.717, 1.165) is 0 Å². The van der Waals surface area contributed by atoms with Crippen LogP contribution in [-0.2, 0) is 14.8 Å². The number of ether oxygens (including phenoxy) is 1. The van der Waals surface area contributed by atoms with Crippen molar-refractivity contribution < 1.29 is 23.1 Å². The summed E-state index contributed by atoms with van der Waals surface area (Å²) in [5.41, 5.74) is 1.02. The lowest BCUT2D eigenvalue weighted by Gasteiger charge is -2.16. The van der Waals surface area contributed by atoms with Crippen LogP contribution in [0.4, 0.5) is 0 Å². The lowest BCUT2D eigenvalue weighted by molar-refractivity contribution is -0.139. The van der Waals surface area contributed by atoms with Crippen LogP contribution in [0.3, 0.4) is 0 Å². The normalized spacial score (nSPS) is 13.0. The number of sulfonamides is 1. The number of carboxylic acid groups (broad SMARTS) is 1. The predicted molar refractivity (Wildman–Crippen MR) is 74.5 cm³/mol. The van der Waals surface area contributed by atoms with Gasteiger partial charge in [0.25, 0.3) is 0 Å². The number of rotatable bonds is 6. The van der Waals surface area contributed by atoms with Gasteiger partial charge in [0.1, 0.15) is 11.8 Å². The molecule has 0 fully saturated rings. The third-order valence-electron chi connectivity index (χ3n) is 2.94. The fraction of sp³-hybridized carbons (Fsp3) is 0.462. The highest BCUT2D eigenvalue weighted by Crippen LogP contribution is 2.25. The van der Waals surface area contributed by atoms with Gasteiger partial charge in [-0.1, -0.05) is 6.92 Å². The Balaban J connectivity index is 3.26. The van der Waals surface area contributed by atoms with E-state index in [9.17, 15) is 13.2 Å². The highest BCUT2D eigenvalue weighted by molar-refractivity contribution is 7.89. The van der Waals surface area contributed by atoms with Crippen molar-refractivity contribution in [1.82, 2.24) is 4.72 Å². The van der Waals surface area contributed by atoms with Gasteiger partial charge in [-0.25, -0.2) is 8.42 Å². The van der Waals surface area contributed by atoms with Crippen molar-refractivity contribution in [3.8, 4) is 5.75 Å². The second kappa shape index (κ2) is 6.23. The Hall–Kier alpha value is -1.60. The molecule has 0 saturated heterocycles. The van der Waals surface area contributed by atoms with E-state index in [2.05, 4.69) is 4.72 Å². The van der Waals surface area contributed by atoms with E-state index in [-0.39, 0.29) is 11.3 Å². The molecule has 0 amide bonds. The van der Waals surface area contributed by atoms with Gasteiger partial charge in [0.15, 0.2) is 0 Å². The summed E-state index contributed by atoms with van der Waals surface area (Å²) in [4.78, 5) is 11.1. The van der Waals surface area contributed by atoms with Gasteiger partial charge in [0, 0.05) is 0 Å². The molecule has 1 rings (SSSR count). The zero-order valence-corrected chi connectivity index (χ0v) is 12.7. The van der Waals surface area contributed by atoms with Crippen molar-refractivity contribution in [1.29, 1.82) is 0 Å². The van der Waals surface area contributed by atoms with E-state index < -0.39 is 22.0 Å². The Morgan fingerprint density at radius 2 is 1.85 bits per heavy atom. The van der Waals surface area contributed by atoms with Crippen molar-refractivity contribution in [2.24, 2.45) is 0 Å². The van der Waals surface area contributed by atoms with E-state index in [1.54, 1.807) is 32.9 Å². The minimum absolute atomic E-state index is 0.0954. The average molecular weight is 301 g/mol. The maximum absolute atomic E-state index is 12.3. The number of methoxy groups -OCH3 is 1. The summed E-state index contributed by atoms with van der Waals surface area (Å²) in [6, 6.07) is 2.06. The summed E-state index contributed by atoms with van der Waals surface area (Å²) in [7, 11) is -2.39. The van der Waals surface area contributed by atoms with Gasteiger partial charge in [-0.2, -0.15) is 4.72 Å². The molecule has 6 nitrogen and oxygen atoms in total. The molecule has 1 atom stereocenters. The number of aliphatic carboxylic acids is 1. The van der Waals surface area contributed by atoms with Crippen LogP contribution in [0.15, 0.2) is 17.0 Å².